The quantitative estimate of drug-likeness (QED) is 0.306. The highest BCUT2D eigenvalue weighted by Crippen LogP contribution is 2.41. The third-order valence-corrected chi connectivity index (χ3v) is 7.69. The highest BCUT2D eigenvalue weighted by atomic mass is 16.6. The van der Waals surface area contributed by atoms with Crippen LogP contribution < -0.4 is 28.4 Å². The minimum absolute atomic E-state index is 0.233. The van der Waals surface area contributed by atoms with Gasteiger partial charge < -0.3 is 43.0 Å². The number of likely N-dealkylation sites (N-methyl/N-ethyl adjacent to an activating group) is 1. The molecule has 2 aromatic rings. The first-order valence-corrected chi connectivity index (χ1v) is 13.3. The summed E-state index contributed by atoms with van der Waals surface area (Å²) < 4.78 is 43.6. The van der Waals surface area contributed by atoms with Crippen molar-refractivity contribution in [1.29, 1.82) is 0 Å². The van der Waals surface area contributed by atoms with Gasteiger partial charge in [-0.2, -0.15) is 0 Å². The first kappa shape index (κ1) is 30.8. The molecule has 2 aliphatic rings. The Morgan fingerprint density at radius 1 is 0.762 bits per heavy atom. The van der Waals surface area contributed by atoms with Crippen LogP contribution in [0, 0.1) is 0 Å². The smallest absolute Gasteiger partial charge is 0.338 e. The number of benzene rings is 2. The van der Waals surface area contributed by atoms with Gasteiger partial charge in [-0.25, -0.2) is 9.59 Å². The van der Waals surface area contributed by atoms with Crippen molar-refractivity contribution in [3.63, 3.8) is 0 Å². The number of hydrogen-bond donors (Lipinski definition) is 1. The van der Waals surface area contributed by atoms with Crippen molar-refractivity contribution < 1.29 is 52.6 Å². The van der Waals surface area contributed by atoms with E-state index in [9.17, 15) is 14.7 Å². The van der Waals surface area contributed by atoms with Crippen molar-refractivity contribution in [1.82, 2.24) is 4.90 Å². The molecule has 5 atom stereocenters. The zero-order chi connectivity index (χ0) is 30.6. The number of methoxy groups -OCH3 is 6. The van der Waals surface area contributed by atoms with Crippen molar-refractivity contribution in [2.45, 2.75) is 43.2 Å². The van der Waals surface area contributed by atoms with E-state index < -0.39 is 30.3 Å². The minimum Gasteiger partial charge on any atom is -0.493 e. The third kappa shape index (κ3) is 6.04. The number of hydrogen-bond acceptors (Lipinski definition) is 12. The van der Waals surface area contributed by atoms with E-state index in [2.05, 4.69) is 0 Å². The number of ether oxygens (including phenoxy) is 8. The van der Waals surface area contributed by atoms with Crippen molar-refractivity contribution in [3.8, 4) is 34.5 Å². The number of carbonyl (C=O) groups is 2. The van der Waals surface area contributed by atoms with Gasteiger partial charge in [-0.15, -0.1) is 0 Å². The number of nitrogens with zero attached hydrogens (tertiary/aromatic N) is 1. The number of carbonyl (C=O) groups excluding carboxylic acids is 2. The van der Waals surface area contributed by atoms with Gasteiger partial charge in [0.2, 0.25) is 11.5 Å². The van der Waals surface area contributed by atoms with Crippen molar-refractivity contribution in [2.24, 2.45) is 0 Å². The second-order valence-corrected chi connectivity index (χ2v) is 9.90. The fourth-order valence-corrected chi connectivity index (χ4v) is 5.60. The molecule has 228 valence electrons. The molecule has 0 spiro atoms. The molecule has 2 aliphatic heterocycles. The molecule has 1 N–H and O–H groups in total. The van der Waals surface area contributed by atoms with Gasteiger partial charge in [-0.3, -0.25) is 4.90 Å². The molecular formula is C30H37NO11. The summed E-state index contributed by atoms with van der Waals surface area (Å²) in [4.78, 5) is 27.9. The summed E-state index contributed by atoms with van der Waals surface area (Å²) in [6, 6.07) is 5.72. The average molecular weight is 588 g/mol. The fraction of sp³-hybridized carbons (Fsp3) is 0.467. The van der Waals surface area contributed by atoms with E-state index >= 15 is 0 Å². The summed E-state index contributed by atoms with van der Waals surface area (Å²) >= 11 is 0. The van der Waals surface area contributed by atoms with Gasteiger partial charge in [0.05, 0.1) is 54.3 Å². The SMILES string of the molecule is COc1cc(C=CC(=O)O[C@@H]2C3CC(OC(=O)c4cc(OC)c(OC)c(OC)c4)CC([C@@H]2O)N3C)cc(OC)c1OC. The van der Waals surface area contributed by atoms with E-state index in [4.69, 9.17) is 37.9 Å². The molecule has 0 aliphatic carbocycles. The molecule has 42 heavy (non-hydrogen) atoms. The van der Waals surface area contributed by atoms with Gasteiger partial charge in [-0.05, 0) is 43.0 Å². The Labute approximate surface area is 244 Å². The summed E-state index contributed by atoms with van der Waals surface area (Å²) in [6.07, 6.45) is 1.32. The lowest BCUT2D eigenvalue weighted by Crippen LogP contribution is -2.46. The standard InChI is InChI=1S/C30H37NO11/c1-31-19-14-18(41-30(34)17-12-23(37-4)29(40-7)24(13-17)38-5)15-20(31)27(26(19)33)42-25(32)9-8-16-10-21(35-2)28(39-6)22(11-16)36-3/h8-13,18-20,26-27,33H,14-15H2,1-7H3/t18?,19?,20?,26-,27+/m0/s1. The summed E-state index contributed by atoms with van der Waals surface area (Å²) in [6.45, 7) is 0. The van der Waals surface area contributed by atoms with Crippen molar-refractivity contribution in [2.75, 3.05) is 49.7 Å². The van der Waals surface area contributed by atoms with Crippen molar-refractivity contribution >= 4 is 18.0 Å². The zero-order valence-corrected chi connectivity index (χ0v) is 24.7. The van der Waals surface area contributed by atoms with Crippen LogP contribution in [-0.2, 0) is 14.3 Å². The first-order valence-electron chi connectivity index (χ1n) is 13.3. The lowest BCUT2D eigenvalue weighted by Gasteiger charge is -2.36. The highest BCUT2D eigenvalue weighted by Gasteiger charge is 2.53. The van der Waals surface area contributed by atoms with E-state index in [1.54, 1.807) is 18.2 Å². The maximum Gasteiger partial charge on any atom is 0.338 e. The highest BCUT2D eigenvalue weighted by molar-refractivity contribution is 5.91. The van der Waals surface area contributed by atoms with Crippen LogP contribution in [0.3, 0.4) is 0 Å². The van der Waals surface area contributed by atoms with Gasteiger partial charge in [-0.1, -0.05) is 0 Å². The molecule has 3 unspecified atom stereocenters. The normalized spacial score (nSPS) is 23.3. The Morgan fingerprint density at radius 3 is 1.76 bits per heavy atom. The molecule has 12 nitrogen and oxygen atoms in total. The van der Waals surface area contributed by atoms with Crippen LogP contribution in [0.1, 0.15) is 28.8 Å². The minimum atomic E-state index is -0.955. The lowest BCUT2D eigenvalue weighted by molar-refractivity contribution is -0.148. The molecule has 12 heteroatoms. The maximum atomic E-state index is 13.1. The summed E-state index contributed by atoms with van der Waals surface area (Å²) in [5.74, 6) is 1.14. The van der Waals surface area contributed by atoms with Gasteiger partial charge in [0.25, 0.3) is 0 Å². The van der Waals surface area contributed by atoms with E-state index in [1.807, 2.05) is 11.9 Å². The van der Waals surface area contributed by atoms with E-state index in [-0.39, 0.29) is 17.6 Å². The zero-order valence-electron chi connectivity index (χ0n) is 24.7. The molecule has 2 bridgehead atoms. The van der Waals surface area contributed by atoms with Gasteiger partial charge in [0, 0.05) is 25.0 Å². The average Bonchev–Trinajstić information content (AvgIpc) is 3.12. The lowest BCUT2D eigenvalue weighted by atomic mass is 10.00. The van der Waals surface area contributed by atoms with Gasteiger partial charge >= 0.3 is 11.9 Å². The molecule has 2 aromatic carbocycles. The van der Waals surface area contributed by atoms with Crippen LogP contribution in [-0.4, -0.2) is 102 Å². The molecule has 2 heterocycles. The molecular weight excluding hydrogens is 550 g/mol. The van der Waals surface area contributed by atoms with E-state index in [0.29, 0.717) is 52.9 Å². The van der Waals surface area contributed by atoms with E-state index in [1.165, 1.54) is 60.9 Å². The van der Waals surface area contributed by atoms with Crippen LogP contribution in [0.25, 0.3) is 6.08 Å². The third-order valence-electron chi connectivity index (χ3n) is 7.69. The Kier molecular flexibility index (Phi) is 9.69. The second kappa shape index (κ2) is 13.2. The first-order chi connectivity index (χ1) is 20.2. The predicted octanol–water partition coefficient (Wildman–Crippen LogP) is 2.73. The van der Waals surface area contributed by atoms with Crippen LogP contribution in [0.2, 0.25) is 0 Å². The monoisotopic (exact) mass is 587 g/mol. The van der Waals surface area contributed by atoms with Crippen molar-refractivity contribution in [3.05, 3.63) is 41.5 Å². The number of esters is 2. The van der Waals surface area contributed by atoms with Gasteiger partial charge in [0.15, 0.2) is 23.0 Å². The predicted molar refractivity (Wildman–Crippen MR) is 151 cm³/mol. The molecule has 0 amide bonds. The fourth-order valence-electron chi connectivity index (χ4n) is 5.60. The number of rotatable bonds is 11. The molecule has 0 radical (unpaired) electrons. The largest absolute Gasteiger partial charge is 0.493 e. The van der Waals surface area contributed by atoms with Gasteiger partial charge in [0.1, 0.15) is 18.3 Å². The Hall–Kier alpha value is -4.16. The summed E-state index contributed by atoms with van der Waals surface area (Å²) in [7, 11) is 10.8. The number of fused-ring (bicyclic) bond motifs is 2. The Balaban J connectivity index is 1.44. The van der Waals surface area contributed by atoms with Crippen LogP contribution in [0.4, 0.5) is 0 Å². The molecule has 2 fully saturated rings. The number of aliphatic hydroxyl groups excluding tert-OH is 1. The Bertz CT molecular complexity index is 1280. The molecule has 0 aromatic heterocycles. The van der Waals surface area contributed by atoms with Crippen LogP contribution in [0.5, 0.6) is 34.5 Å². The molecule has 2 saturated heterocycles. The number of aliphatic hydroxyl groups is 1. The number of piperidine rings is 1. The summed E-state index contributed by atoms with van der Waals surface area (Å²) in [5, 5.41) is 11.0. The summed E-state index contributed by atoms with van der Waals surface area (Å²) in [5.41, 5.74) is 0.860. The van der Waals surface area contributed by atoms with E-state index in [0.717, 1.165) is 0 Å². The Morgan fingerprint density at radius 2 is 1.26 bits per heavy atom. The topological polar surface area (TPSA) is 131 Å². The molecule has 4 rings (SSSR count). The molecule has 0 saturated carbocycles. The second-order valence-electron chi connectivity index (χ2n) is 9.90. The maximum absolute atomic E-state index is 13.1. The van der Waals surface area contributed by atoms with Crippen LogP contribution >= 0.6 is 0 Å². The van der Waals surface area contributed by atoms with Crippen LogP contribution in [0.15, 0.2) is 30.3 Å².